The van der Waals surface area contributed by atoms with Crippen LogP contribution in [0, 0.1) is 17.1 Å². The summed E-state index contributed by atoms with van der Waals surface area (Å²) in [4.78, 5) is 0. The second-order valence-corrected chi connectivity index (χ2v) is 4.82. The second kappa shape index (κ2) is 5.38. The zero-order valence-corrected chi connectivity index (χ0v) is 11.4. The van der Waals surface area contributed by atoms with E-state index in [0.717, 1.165) is 5.69 Å². The molecule has 2 nitrogen and oxygen atoms in total. The van der Waals surface area contributed by atoms with E-state index in [1.54, 1.807) is 24.3 Å². The van der Waals surface area contributed by atoms with Crippen LogP contribution in [-0.4, -0.2) is 0 Å². The van der Waals surface area contributed by atoms with Crippen LogP contribution in [0.1, 0.15) is 5.56 Å². The van der Waals surface area contributed by atoms with E-state index in [2.05, 4.69) is 27.3 Å². The van der Waals surface area contributed by atoms with Gasteiger partial charge < -0.3 is 5.32 Å². The van der Waals surface area contributed by atoms with Gasteiger partial charge in [-0.1, -0.05) is 11.6 Å². The van der Waals surface area contributed by atoms with Crippen LogP contribution in [0.2, 0.25) is 5.02 Å². The van der Waals surface area contributed by atoms with Gasteiger partial charge in [-0.3, -0.25) is 0 Å². The molecule has 0 amide bonds. The van der Waals surface area contributed by atoms with Gasteiger partial charge in [0, 0.05) is 10.2 Å². The average molecular weight is 326 g/mol. The molecule has 2 aromatic rings. The molecular weight excluding hydrogens is 319 g/mol. The van der Waals surface area contributed by atoms with Crippen molar-refractivity contribution < 1.29 is 4.39 Å². The first kappa shape index (κ1) is 12.9. The molecule has 1 N–H and O–H groups in total. The Bertz CT molecular complexity index is 637. The van der Waals surface area contributed by atoms with Gasteiger partial charge in [0.1, 0.15) is 11.9 Å². The summed E-state index contributed by atoms with van der Waals surface area (Å²) in [7, 11) is 0. The summed E-state index contributed by atoms with van der Waals surface area (Å²) < 4.78 is 13.6. The number of hydrogen-bond donors (Lipinski definition) is 1. The van der Waals surface area contributed by atoms with Gasteiger partial charge in [-0.05, 0) is 52.3 Å². The van der Waals surface area contributed by atoms with Gasteiger partial charge in [0.05, 0.1) is 16.3 Å². The van der Waals surface area contributed by atoms with Crippen molar-refractivity contribution in [3.05, 3.63) is 57.3 Å². The summed E-state index contributed by atoms with van der Waals surface area (Å²) in [6.45, 7) is 0. The molecule has 0 aliphatic carbocycles. The number of rotatable bonds is 2. The lowest BCUT2D eigenvalue weighted by Gasteiger charge is -2.09. The molecule has 0 spiro atoms. The summed E-state index contributed by atoms with van der Waals surface area (Å²) in [6, 6.07) is 11.4. The lowest BCUT2D eigenvalue weighted by molar-refractivity contribution is 0.628. The largest absolute Gasteiger partial charge is 0.354 e. The van der Waals surface area contributed by atoms with Gasteiger partial charge in [0.25, 0.3) is 0 Å². The zero-order valence-electron chi connectivity index (χ0n) is 9.05. The molecule has 0 saturated heterocycles. The Morgan fingerprint density at radius 1 is 1.22 bits per heavy atom. The molecule has 90 valence electrons. The van der Waals surface area contributed by atoms with Crippen molar-refractivity contribution in [1.82, 2.24) is 0 Å². The highest BCUT2D eigenvalue weighted by Gasteiger charge is 2.04. The summed E-state index contributed by atoms with van der Waals surface area (Å²) in [5, 5.41) is 12.2. The normalized spacial score (nSPS) is 9.89. The molecule has 5 heteroatoms. The third-order valence-electron chi connectivity index (χ3n) is 2.30. The summed E-state index contributed by atoms with van der Waals surface area (Å²) in [6.07, 6.45) is 0. The van der Waals surface area contributed by atoms with E-state index < -0.39 is 0 Å². The Balaban J connectivity index is 2.29. The standard InChI is InChI=1S/C13H7BrClFN2/c14-11-6-10(3-1-8(11)7-17)18-13-4-2-9(16)5-12(13)15/h1-6,18H. The molecular formula is C13H7BrClFN2. The maximum atomic E-state index is 12.9. The summed E-state index contributed by atoms with van der Waals surface area (Å²) >= 11 is 9.21. The molecule has 2 aromatic carbocycles. The van der Waals surface area contributed by atoms with Crippen LogP contribution in [0.25, 0.3) is 0 Å². The van der Waals surface area contributed by atoms with E-state index in [1.165, 1.54) is 12.1 Å². The lowest BCUT2D eigenvalue weighted by atomic mass is 10.2. The molecule has 0 unspecified atom stereocenters. The van der Waals surface area contributed by atoms with Crippen LogP contribution in [0.4, 0.5) is 15.8 Å². The lowest BCUT2D eigenvalue weighted by Crippen LogP contribution is -1.92. The maximum Gasteiger partial charge on any atom is 0.124 e. The highest BCUT2D eigenvalue weighted by molar-refractivity contribution is 9.10. The fourth-order valence-corrected chi connectivity index (χ4v) is 2.11. The third-order valence-corrected chi connectivity index (χ3v) is 3.27. The fraction of sp³-hybridized carbons (Fsp3) is 0. The Kier molecular flexibility index (Phi) is 3.85. The van der Waals surface area contributed by atoms with E-state index in [0.29, 0.717) is 20.7 Å². The van der Waals surface area contributed by atoms with Gasteiger partial charge in [-0.25, -0.2) is 4.39 Å². The van der Waals surface area contributed by atoms with E-state index in [9.17, 15) is 4.39 Å². The quantitative estimate of drug-likeness (QED) is 0.856. The number of nitrogens with zero attached hydrogens (tertiary/aromatic N) is 1. The van der Waals surface area contributed by atoms with E-state index in [-0.39, 0.29) is 5.82 Å². The van der Waals surface area contributed by atoms with Crippen LogP contribution >= 0.6 is 27.5 Å². The monoisotopic (exact) mass is 324 g/mol. The Morgan fingerprint density at radius 2 is 2.00 bits per heavy atom. The summed E-state index contributed by atoms with van der Waals surface area (Å²) in [5.74, 6) is -0.383. The minimum atomic E-state index is -0.383. The Hall–Kier alpha value is -1.57. The van der Waals surface area contributed by atoms with E-state index in [1.807, 2.05) is 0 Å². The van der Waals surface area contributed by atoms with Crippen molar-refractivity contribution in [3.63, 3.8) is 0 Å². The number of nitrogens with one attached hydrogen (secondary N) is 1. The number of anilines is 2. The molecule has 0 bridgehead atoms. The number of nitriles is 1. The fourth-order valence-electron chi connectivity index (χ4n) is 1.43. The Labute approximate surface area is 117 Å². The number of hydrogen-bond acceptors (Lipinski definition) is 2. The van der Waals surface area contributed by atoms with Crippen molar-refractivity contribution >= 4 is 38.9 Å². The van der Waals surface area contributed by atoms with Crippen LogP contribution in [0.3, 0.4) is 0 Å². The minimum Gasteiger partial charge on any atom is -0.354 e. The van der Waals surface area contributed by atoms with Crippen molar-refractivity contribution in [2.24, 2.45) is 0 Å². The molecule has 0 aliphatic rings. The van der Waals surface area contributed by atoms with Crippen LogP contribution < -0.4 is 5.32 Å². The smallest absolute Gasteiger partial charge is 0.124 e. The van der Waals surface area contributed by atoms with Gasteiger partial charge in [0.15, 0.2) is 0 Å². The minimum absolute atomic E-state index is 0.301. The van der Waals surface area contributed by atoms with E-state index >= 15 is 0 Å². The van der Waals surface area contributed by atoms with Gasteiger partial charge in [-0.2, -0.15) is 5.26 Å². The van der Waals surface area contributed by atoms with Crippen molar-refractivity contribution in [1.29, 1.82) is 5.26 Å². The van der Waals surface area contributed by atoms with Crippen molar-refractivity contribution in [3.8, 4) is 6.07 Å². The zero-order chi connectivity index (χ0) is 13.1. The van der Waals surface area contributed by atoms with Crippen molar-refractivity contribution in [2.75, 3.05) is 5.32 Å². The van der Waals surface area contributed by atoms with Crippen LogP contribution in [0.15, 0.2) is 40.9 Å². The highest BCUT2D eigenvalue weighted by Crippen LogP contribution is 2.28. The molecule has 0 radical (unpaired) electrons. The summed E-state index contributed by atoms with van der Waals surface area (Å²) in [5.41, 5.74) is 1.91. The van der Waals surface area contributed by atoms with Gasteiger partial charge in [-0.15, -0.1) is 0 Å². The number of benzene rings is 2. The van der Waals surface area contributed by atoms with Gasteiger partial charge >= 0.3 is 0 Å². The molecule has 0 saturated carbocycles. The predicted octanol–water partition coefficient (Wildman–Crippen LogP) is 4.86. The van der Waals surface area contributed by atoms with Gasteiger partial charge in [0.2, 0.25) is 0 Å². The molecule has 0 atom stereocenters. The second-order valence-electron chi connectivity index (χ2n) is 3.56. The molecule has 18 heavy (non-hydrogen) atoms. The van der Waals surface area contributed by atoms with Crippen LogP contribution in [-0.2, 0) is 0 Å². The molecule has 2 rings (SSSR count). The maximum absolute atomic E-state index is 12.9. The number of halogens is 3. The molecule has 0 aromatic heterocycles. The first-order chi connectivity index (χ1) is 8.60. The topological polar surface area (TPSA) is 35.8 Å². The third kappa shape index (κ3) is 2.81. The van der Waals surface area contributed by atoms with Crippen molar-refractivity contribution in [2.45, 2.75) is 0 Å². The molecule has 0 aliphatic heterocycles. The molecule has 0 heterocycles. The average Bonchev–Trinajstić information content (AvgIpc) is 2.33. The van der Waals surface area contributed by atoms with Crippen LogP contribution in [0.5, 0.6) is 0 Å². The first-order valence-corrected chi connectivity index (χ1v) is 6.19. The van der Waals surface area contributed by atoms with E-state index in [4.69, 9.17) is 16.9 Å². The molecule has 0 fully saturated rings. The highest BCUT2D eigenvalue weighted by atomic mass is 79.9. The SMILES string of the molecule is N#Cc1ccc(Nc2ccc(F)cc2Cl)cc1Br. The predicted molar refractivity (Wildman–Crippen MR) is 73.5 cm³/mol. The first-order valence-electron chi connectivity index (χ1n) is 5.02. The Morgan fingerprint density at radius 3 is 2.61 bits per heavy atom.